The molecular weight excluding hydrogens is 455 g/mol. The first kappa shape index (κ1) is 21.8. The Hall–Kier alpha value is -3.42. The molecule has 0 saturated carbocycles. The molecule has 32 heavy (non-hydrogen) atoms. The zero-order chi connectivity index (χ0) is 23.4. The third-order valence-corrected chi connectivity index (χ3v) is 6.63. The van der Waals surface area contributed by atoms with Gasteiger partial charge in [0, 0.05) is 31.3 Å². The Balaban J connectivity index is 1.60. The number of aromatic nitrogens is 2. The molecule has 2 N–H and O–H groups in total. The van der Waals surface area contributed by atoms with Crippen LogP contribution in [-0.2, 0) is 39.4 Å². The Morgan fingerprint density at radius 3 is 2.59 bits per heavy atom. The molecule has 170 valence electrons. The molecule has 2 aliphatic rings. The third-order valence-electron chi connectivity index (χ3n) is 5.24. The first-order valence-electron chi connectivity index (χ1n) is 9.28. The highest BCUT2D eigenvalue weighted by Gasteiger charge is 2.42. The van der Waals surface area contributed by atoms with Gasteiger partial charge in [-0.2, -0.15) is 18.3 Å². The van der Waals surface area contributed by atoms with E-state index in [1.165, 1.54) is 23.1 Å². The van der Waals surface area contributed by atoms with Crippen molar-refractivity contribution in [1.82, 2.24) is 20.0 Å². The fourth-order valence-electron chi connectivity index (χ4n) is 3.77. The lowest BCUT2D eigenvalue weighted by atomic mass is 10.0. The topological polar surface area (TPSA) is 130 Å². The van der Waals surface area contributed by atoms with Gasteiger partial charge >= 0.3 is 6.18 Å². The van der Waals surface area contributed by atoms with Crippen molar-refractivity contribution in [3.05, 3.63) is 41.2 Å². The van der Waals surface area contributed by atoms with Crippen molar-refractivity contribution in [3.63, 3.8) is 0 Å². The maximum atomic E-state index is 13.3. The van der Waals surface area contributed by atoms with Gasteiger partial charge in [-0.1, -0.05) is 6.07 Å². The van der Waals surface area contributed by atoms with Crippen LogP contribution < -0.4 is 10.0 Å². The Labute approximate surface area is 179 Å². The average molecular weight is 471 g/mol. The van der Waals surface area contributed by atoms with Crippen molar-refractivity contribution < 1.29 is 36.0 Å². The van der Waals surface area contributed by atoms with E-state index in [1.54, 1.807) is 0 Å². The predicted octanol–water partition coefficient (Wildman–Crippen LogP) is 1.00. The Kier molecular flexibility index (Phi) is 4.99. The molecule has 1 atom stereocenters. The summed E-state index contributed by atoms with van der Waals surface area (Å²) in [7, 11) is -3.70. The van der Waals surface area contributed by atoms with Crippen molar-refractivity contribution in [2.45, 2.75) is 36.5 Å². The van der Waals surface area contributed by atoms with Crippen LogP contribution in [0, 0.1) is 0 Å². The predicted molar refractivity (Wildman–Crippen MR) is 102 cm³/mol. The summed E-state index contributed by atoms with van der Waals surface area (Å²) in [5, 5.41) is 5.56. The van der Waals surface area contributed by atoms with E-state index in [4.69, 9.17) is 0 Å². The van der Waals surface area contributed by atoms with E-state index in [9.17, 15) is 36.0 Å². The maximum Gasteiger partial charge on any atom is 0.434 e. The number of nitrogens with zero attached hydrogens (tertiary/aromatic N) is 3. The van der Waals surface area contributed by atoms with Crippen molar-refractivity contribution in [3.8, 4) is 0 Å². The highest BCUT2D eigenvalue weighted by Crippen LogP contribution is 2.35. The molecule has 1 unspecified atom stereocenters. The minimum absolute atomic E-state index is 0.0776. The molecule has 0 aliphatic carbocycles. The van der Waals surface area contributed by atoms with E-state index in [0.717, 1.165) is 7.05 Å². The Bertz CT molecular complexity index is 1250. The lowest BCUT2D eigenvalue weighted by Gasteiger charge is -2.29. The number of aryl methyl sites for hydroxylation is 1. The molecule has 3 heterocycles. The van der Waals surface area contributed by atoms with E-state index in [0.29, 0.717) is 16.4 Å². The molecule has 2 aromatic rings. The van der Waals surface area contributed by atoms with Crippen LogP contribution in [0.5, 0.6) is 0 Å². The normalized spacial score (nSPS) is 19.2. The summed E-state index contributed by atoms with van der Waals surface area (Å²) in [5.74, 6) is -1.58. The average Bonchev–Trinajstić information content (AvgIpc) is 3.23. The molecule has 0 bridgehead atoms. The van der Waals surface area contributed by atoms with Crippen LogP contribution in [0.4, 0.5) is 18.9 Å². The van der Waals surface area contributed by atoms with Crippen LogP contribution >= 0.6 is 0 Å². The minimum atomic E-state index is -4.95. The molecule has 10 nitrogen and oxygen atoms in total. The van der Waals surface area contributed by atoms with Gasteiger partial charge in [0.2, 0.25) is 11.8 Å². The lowest BCUT2D eigenvalue weighted by molar-refractivity contribution is -0.146. The van der Waals surface area contributed by atoms with Gasteiger partial charge in [-0.3, -0.25) is 29.1 Å². The van der Waals surface area contributed by atoms with Crippen LogP contribution in [0.1, 0.15) is 34.5 Å². The minimum Gasteiger partial charge on any atom is -0.322 e. The number of sulfonamides is 1. The standard InChI is InChI=1S/C18H16F3N5O5S/c1-25-15(18(19,20)21)13(7-22-25)32(30,31)24-10-3-2-9-8-26(17(29)11(9)6-10)12-4-5-14(27)23-16(12)28/h2-3,6-7,12,24H,4-5,8H2,1H3,(H,23,27,28). The number of fused-ring (bicyclic) bond motifs is 1. The second-order valence-corrected chi connectivity index (χ2v) is 9.01. The van der Waals surface area contributed by atoms with Crippen LogP contribution in [0.3, 0.4) is 0 Å². The number of amides is 3. The second kappa shape index (κ2) is 7.32. The second-order valence-electron chi connectivity index (χ2n) is 7.36. The highest BCUT2D eigenvalue weighted by atomic mass is 32.2. The molecule has 1 aromatic carbocycles. The van der Waals surface area contributed by atoms with Gasteiger partial charge in [-0.05, 0) is 24.1 Å². The van der Waals surface area contributed by atoms with Crippen LogP contribution in [0.25, 0.3) is 0 Å². The van der Waals surface area contributed by atoms with Crippen molar-refractivity contribution in [1.29, 1.82) is 0 Å². The summed E-state index contributed by atoms with van der Waals surface area (Å²) in [6.45, 7) is 0.0777. The van der Waals surface area contributed by atoms with Crippen LogP contribution in [0.2, 0.25) is 0 Å². The Morgan fingerprint density at radius 2 is 1.94 bits per heavy atom. The monoisotopic (exact) mass is 471 g/mol. The molecular formula is C18H16F3N5O5S. The van der Waals surface area contributed by atoms with E-state index in [-0.39, 0.29) is 30.6 Å². The van der Waals surface area contributed by atoms with Gasteiger partial charge < -0.3 is 4.90 Å². The van der Waals surface area contributed by atoms with Gasteiger partial charge in [-0.25, -0.2) is 8.42 Å². The summed E-state index contributed by atoms with van der Waals surface area (Å²) in [6.07, 6.45) is -4.13. The molecule has 0 radical (unpaired) electrons. The lowest BCUT2D eigenvalue weighted by Crippen LogP contribution is -2.52. The Morgan fingerprint density at radius 1 is 1.22 bits per heavy atom. The number of nitrogens with one attached hydrogen (secondary N) is 2. The van der Waals surface area contributed by atoms with E-state index in [1.807, 2.05) is 4.72 Å². The maximum absolute atomic E-state index is 13.3. The molecule has 14 heteroatoms. The number of halogens is 3. The molecule has 2 aliphatic heterocycles. The summed E-state index contributed by atoms with van der Waals surface area (Å²) < 4.78 is 67.5. The molecule has 4 rings (SSSR count). The first-order chi connectivity index (χ1) is 14.9. The summed E-state index contributed by atoms with van der Waals surface area (Å²) in [4.78, 5) is 36.5. The van der Waals surface area contributed by atoms with Gasteiger partial charge in [0.1, 0.15) is 10.9 Å². The van der Waals surface area contributed by atoms with E-state index in [2.05, 4.69) is 10.4 Å². The molecule has 3 amide bonds. The fraction of sp³-hybridized carbons (Fsp3) is 0.333. The first-order valence-corrected chi connectivity index (χ1v) is 10.8. The van der Waals surface area contributed by atoms with Gasteiger partial charge in [0.05, 0.1) is 6.20 Å². The number of hydrogen-bond acceptors (Lipinski definition) is 6. The van der Waals surface area contributed by atoms with Crippen LogP contribution in [-0.4, -0.2) is 46.9 Å². The number of anilines is 1. The number of benzene rings is 1. The number of hydrogen-bond donors (Lipinski definition) is 2. The summed E-state index contributed by atoms with van der Waals surface area (Å²) in [6, 6.07) is 3.11. The summed E-state index contributed by atoms with van der Waals surface area (Å²) in [5.41, 5.74) is -0.942. The van der Waals surface area contributed by atoms with Crippen molar-refractivity contribution >= 4 is 33.4 Å². The molecule has 1 saturated heterocycles. The summed E-state index contributed by atoms with van der Waals surface area (Å²) >= 11 is 0. The number of carbonyl (C=O) groups is 3. The third kappa shape index (κ3) is 3.70. The van der Waals surface area contributed by atoms with E-state index >= 15 is 0 Å². The molecule has 1 aromatic heterocycles. The van der Waals surface area contributed by atoms with Crippen molar-refractivity contribution in [2.75, 3.05) is 4.72 Å². The van der Waals surface area contributed by atoms with Gasteiger partial charge in [0.25, 0.3) is 15.9 Å². The smallest absolute Gasteiger partial charge is 0.322 e. The number of alkyl halides is 3. The fourth-order valence-corrected chi connectivity index (χ4v) is 5.00. The number of imide groups is 1. The number of piperidine rings is 1. The SMILES string of the molecule is Cn1ncc(S(=O)(=O)Nc2ccc3c(c2)C(=O)N(C2CCC(=O)NC2=O)C3)c1C(F)(F)F. The zero-order valence-corrected chi connectivity index (χ0v) is 17.2. The zero-order valence-electron chi connectivity index (χ0n) is 16.4. The highest BCUT2D eigenvalue weighted by molar-refractivity contribution is 7.92. The van der Waals surface area contributed by atoms with Crippen LogP contribution in [0.15, 0.2) is 29.3 Å². The van der Waals surface area contributed by atoms with Gasteiger partial charge in [-0.15, -0.1) is 0 Å². The molecule has 0 spiro atoms. The number of rotatable bonds is 4. The van der Waals surface area contributed by atoms with Crippen molar-refractivity contribution in [2.24, 2.45) is 7.05 Å². The molecule has 1 fully saturated rings. The quantitative estimate of drug-likeness (QED) is 0.640. The largest absolute Gasteiger partial charge is 0.434 e. The van der Waals surface area contributed by atoms with Gasteiger partial charge in [0.15, 0.2) is 5.69 Å². The number of carbonyl (C=O) groups excluding carboxylic acids is 3. The van der Waals surface area contributed by atoms with E-state index < -0.39 is 50.6 Å².